The molecule has 2 amide bonds. The van der Waals surface area contributed by atoms with Crippen molar-refractivity contribution in [2.45, 2.75) is 44.9 Å². The summed E-state index contributed by atoms with van der Waals surface area (Å²) >= 11 is 0. The van der Waals surface area contributed by atoms with E-state index in [2.05, 4.69) is 21.3 Å². The van der Waals surface area contributed by atoms with Crippen LogP contribution in [0, 0.1) is 11.3 Å². The first-order chi connectivity index (χ1) is 12.0. The molecular weight excluding hydrogens is 318 g/mol. The number of piperidine rings is 1. The summed E-state index contributed by atoms with van der Waals surface area (Å²) in [5, 5.41) is 12.0. The number of ether oxygens (including phenoxy) is 1. The Morgan fingerprint density at radius 1 is 1.28 bits per heavy atom. The zero-order valence-corrected chi connectivity index (χ0v) is 14.8. The number of hydrogen-bond acceptors (Lipinski definition) is 5. The molecule has 7 nitrogen and oxygen atoms in total. The van der Waals surface area contributed by atoms with E-state index in [-0.39, 0.29) is 24.3 Å². The van der Waals surface area contributed by atoms with Gasteiger partial charge in [0.25, 0.3) is 0 Å². The first kappa shape index (κ1) is 17.5. The van der Waals surface area contributed by atoms with Crippen molar-refractivity contribution in [2.24, 2.45) is 0 Å². The number of aromatic nitrogens is 1. The first-order valence-corrected chi connectivity index (χ1v) is 8.87. The molecule has 2 fully saturated rings. The van der Waals surface area contributed by atoms with Gasteiger partial charge in [0.15, 0.2) is 0 Å². The molecule has 1 N–H and O–H groups in total. The number of amides is 2. The summed E-state index contributed by atoms with van der Waals surface area (Å²) in [5.74, 6) is 0.889. The van der Waals surface area contributed by atoms with Crippen LogP contribution in [0.2, 0.25) is 0 Å². The van der Waals surface area contributed by atoms with Gasteiger partial charge in [0.05, 0.1) is 17.8 Å². The van der Waals surface area contributed by atoms with Crippen LogP contribution in [0.4, 0.5) is 10.6 Å². The smallest absolute Gasteiger partial charge is 0.317 e. The molecule has 0 saturated carbocycles. The molecule has 2 saturated heterocycles. The third kappa shape index (κ3) is 4.40. The van der Waals surface area contributed by atoms with Gasteiger partial charge in [-0.1, -0.05) is 0 Å². The van der Waals surface area contributed by atoms with Crippen LogP contribution in [0.3, 0.4) is 0 Å². The molecule has 0 aliphatic carbocycles. The lowest BCUT2D eigenvalue weighted by Gasteiger charge is -2.38. The average molecular weight is 343 g/mol. The molecule has 3 rings (SSSR count). The number of morpholine rings is 1. The van der Waals surface area contributed by atoms with E-state index in [1.807, 2.05) is 24.8 Å². The van der Waals surface area contributed by atoms with Crippen LogP contribution in [-0.4, -0.2) is 60.3 Å². The van der Waals surface area contributed by atoms with Gasteiger partial charge in [0.2, 0.25) is 0 Å². The van der Waals surface area contributed by atoms with Crippen molar-refractivity contribution in [3.63, 3.8) is 0 Å². The maximum atomic E-state index is 12.5. The molecule has 0 aromatic carbocycles. The molecule has 1 aromatic heterocycles. The van der Waals surface area contributed by atoms with Crippen molar-refractivity contribution in [2.75, 3.05) is 31.1 Å². The zero-order valence-electron chi connectivity index (χ0n) is 14.8. The van der Waals surface area contributed by atoms with Crippen molar-refractivity contribution < 1.29 is 9.53 Å². The van der Waals surface area contributed by atoms with E-state index in [0.717, 1.165) is 31.7 Å². The summed E-state index contributed by atoms with van der Waals surface area (Å²) < 4.78 is 5.68. The molecule has 3 heterocycles. The Kier molecular flexibility index (Phi) is 5.39. The van der Waals surface area contributed by atoms with E-state index in [4.69, 9.17) is 10.00 Å². The minimum Gasteiger partial charge on any atom is -0.372 e. The fourth-order valence-corrected chi connectivity index (χ4v) is 3.50. The minimum absolute atomic E-state index is 0.0111. The van der Waals surface area contributed by atoms with Crippen molar-refractivity contribution in [1.29, 1.82) is 5.26 Å². The second-order valence-corrected chi connectivity index (χ2v) is 6.89. The van der Waals surface area contributed by atoms with Crippen LogP contribution in [0.5, 0.6) is 0 Å². The summed E-state index contributed by atoms with van der Waals surface area (Å²) in [4.78, 5) is 20.9. The predicted molar refractivity (Wildman–Crippen MR) is 94.3 cm³/mol. The molecule has 25 heavy (non-hydrogen) atoms. The molecule has 0 bridgehead atoms. The third-order valence-electron chi connectivity index (χ3n) is 4.73. The standard InChI is InChI=1S/C18H25N5O2/c1-13-11-23(12-14(2)25-13)18(24)21-16-5-7-22(8-6-16)17-4-3-15(9-19)10-20-17/h3-4,10,13-14,16H,5-8,11-12H2,1-2H3,(H,21,24). The summed E-state index contributed by atoms with van der Waals surface area (Å²) in [5.41, 5.74) is 0.569. The normalized spacial score (nSPS) is 24.7. The Hall–Kier alpha value is -2.33. The SMILES string of the molecule is CC1CN(C(=O)NC2CCN(c3ccc(C#N)cn3)CC2)CC(C)O1. The van der Waals surface area contributed by atoms with E-state index < -0.39 is 0 Å². The summed E-state index contributed by atoms with van der Waals surface area (Å²) in [6.45, 7) is 6.98. The molecule has 2 unspecified atom stereocenters. The van der Waals surface area contributed by atoms with E-state index in [0.29, 0.717) is 18.7 Å². The Balaban J connectivity index is 1.48. The lowest BCUT2D eigenvalue weighted by atomic mass is 10.1. The Morgan fingerprint density at radius 3 is 2.52 bits per heavy atom. The monoisotopic (exact) mass is 343 g/mol. The molecule has 2 aliphatic heterocycles. The number of rotatable bonds is 2. The fraction of sp³-hybridized carbons (Fsp3) is 0.611. The van der Waals surface area contributed by atoms with Crippen molar-refractivity contribution in [3.8, 4) is 6.07 Å². The molecule has 2 atom stereocenters. The molecule has 134 valence electrons. The predicted octanol–water partition coefficient (Wildman–Crippen LogP) is 1.74. The van der Waals surface area contributed by atoms with E-state index in [1.54, 1.807) is 12.3 Å². The number of anilines is 1. The highest BCUT2D eigenvalue weighted by molar-refractivity contribution is 5.74. The van der Waals surface area contributed by atoms with Crippen LogP contribution in [0.15, 0.2) is 18.3 Å². The van der Waals surface area contributed by atoms with Gasteiger partial charge in [-0.05, 0) is 38.8 Å². The van der Waals surface area contributed by atoms with Crippen LogP contribution in [0.1, 0.15) is 32.3 Å². The second-order valence-electron chi connectivity index (χ2n) is 6.89. The van der Waals surface area contributed by atoms with Crippen molar-refractivity contribution in [3.05, 3.63) is 23.9 Å². The number of carbonyl (C=O) groups is 1. The number of hydrogen-bond donors (Lipinski definition) is 1. The van der Waals surface area contributed by atoms with E-state index in [1.165, 1.54) is 0 Å². The van der Waals surface area contributed by atoms with Gasteiger partial charge in [-0.3, -0.25) is 0 Å². The highest BCUT2D eigenvalue weighted by Gasteiger charge is 2.28. The second kappa shape index (κ2) is 7.70. The maximum Gasteiger partial charge on any atom is 0.317 e. The quantitative estimate of drug-likeness (QED) is 0.884. The molecule has 0 spiro atoms. The Labute approximate surface area is 148 Å². The number of nitrogens with zero attached hydrogens (tertiary/aromatic N) is 4. The molecule has 7 heteroatoms. The molecule has 0 radical (unpaired) electrons. The number of pyridine rings is 1. The van der Waals surface area contributed by atoms with Gasteiger partial charge < -0.3 is 19.9 Å². The van der Waals surface area contributed by atoms with Gasteiger partial charge >= 0.3 is 6.03 Å². The minimum atomic E-state index is 0.0111. The highest BCUT2D eigenvalue weighted by atomic mass is 16.5. The highest BCUT2D eigenvalue weighted by Crippen LogP contribution is 2.19. The van der Waals surface area contributed by atoms with E-state index in [9.17, 15) is 4.79 Å². The van der Waals surface area contributed by atoms with Crippen LogP contribution in [0.25, 0.3) is 0 Å². The van der Waals surface area contributed by atoms with Crippen LogP contribution in [-0.2, 0) is 4.74 Å². The zero-order chi connectivity index (χ0) is 17.8. The molecular formula is C18H25N5O2. The Bertz CT molecular complexity index is 624. The van der Waals surface area contributed by atoms with Gasteiger partial charge in [0, 0.05) is 38.4 Å². The molecule has 1 aromatic rings. The summed E-state index contributed by atoms with van der Waals surface area (Å²) in [6, 6.07) is 5.95. The summed E-state index contributed by atoms with van der Waals surface area (Å²) in [6.07, 6.45) is 3.55. The molecule has 2 aliphatic rings. The number of urea groups is 1. The first-order valence-electron chi connectivity index (χ1n) is 8.87. The van der Waals surface area contributed by atoms with Gasteiger partial charge in [0.1, 0.15) is 11.9 Å². The number of nitriles is 1. The Morgan fingerprint density at radius 2 is 1.96 bits per heavy atom. The number of carbonyl (C=O) groups excluding carboxylic acids is 1. The van der Waals surface area contributed by atoms with E-state index >= 15 is 0 Å². The largest absolute Gasteiger partial charge is 0.372 e. The van der Waals surface area contributed by atoms with Crippen LogP contribution < -0.4 is 10.2 Å². The fourth-order valence-electron chi connectivity index (χ4n) is 3.50. The lowest BCUT2D eigenvalue weighted by molar-refractivity contribution is -0.0548. The summed E-state index contributed by atoms with van der Waals surface area (Å²) in [7, 11) is 0. The van der Waals surface area contributed by atoms with Crippen molar-refractivity contribution in [1.82, 2.24) is 15.2 Å². The maximum absolute atomic E-state index is 12.5. The van der Waals surface area contributed by atoms with Crippen molar-refractivity contribution >= 4 is 11.8 Å². The van der Waals surface area contributed by atoms with Gasteiger partial charge in [-0.2, -0.15) is 5.26 Å². The number of nitrogens with one attached hydrogen (secondary N) is 1. The van der Waals surface area contributed by atoms with Gasteiger partial charge in [-0.15, -0.1) is 0 Å². The third-order valence-corrected chi connectivity index (χ3v) is 4.73. The average Bonchev–Trinajstić information content (AvgIpc) is 2.61. The lowest BCUT2D eigenvalue weighted by Crippen LogP contribution is -2.55. The topological polar surface area (TPSA) is 81.5 Å². The van der Waals surface area contributed by atoms with Gasteiger partial charge in [-0.25, -0.2) is 9.78 Å². The van der Waals surface area contributed by atoms with Crippen LogP contribution >= 0.6 is 0 Å².